The maximum absolute atomic E-state index is 4.50. The zero-order valence-corrected chi connectivity index (χ0v) is 16.3. The Morgan fingerprint density at radius 3 is 2.62 bits per heavy atom. The first-order valence-corrected chi connectivity index (χ1v) is 10.1. The topological polar surface area (TPSA) is 52.6 Å². The molecule has 5 nitrogen and oxygen atoms in total. The average molecular weight is 352 g/mol. The highest BCUT2D eigenvalue weighted by molar-refractivity contribution is 7.09. The molecule has 0 atom stereocenters. The molecule has 0 bridgehead atoms. The van der Waals surface area contributed by atoms with Crippen LogP contribution in [0.25, 0.3) is 0 Å². The van der Waals surface area contributed by atoms with Gasteiger partial charge in [-0.2, -0.15) is 0 Å². The second kappa shape index (κ2) is 10.7. The summed E-state index contributed by atoms with van der Waals surface area (Å²) in [6.45, 7) is 10.1. The van der Waals surface area contributed by atoms with E-state index in [1.165, 1.54) is 43.9 Å². The molecule has 24 heavy (non-hydrogen) atoms. The number of nitrogens with one attached hydrogen (secondary N) is 2. The normalized spacial score (nSPS) is 17.2. The number of hydrogen-bond donors (Lipinski definition) is 2. The van der Waals surface area contributed by atoms with E-state index < -0.39 is 0 Å². The molecular formula is C18H33N5S. The first-order chi connectivity index (χ1) is 11.7. The summed E-state index contributed by atoms with van der Waals surface area (Å²) in [7, 11) is 1.84. The van der Waals surface area contributed by atoms with Crippen molar-refractivity contribution in [1.29, 1.82) is 0 Å². The van der Waals surface area contributed by atoms with Gasteiger partial charge in [-0.15, -0.1) is 11.3 Å². The average Bonchev–Trinajstić information content (AvgIpc) is 3.00. The van der Waals surface area contributed by atoms with Crippen LogP contribution in [0.3, 0.4) is 0 Å². The highest BCUT2D eigenvalue weighted by Crippen LogP contribution is 2.15. The fraction of sp³-hybridized carbons (Fsp3) is 0.778. The monoisotopic (exact) mass is 351 g/mol. The molecule has 1 aliphatic rings. The van der Waals surface area contributed by atoms with Gasteiger partial charge in [0, 0.05) is 37.6 Å². The number of aliphatic imine (C=N–C) groups is 1. The van der Waals surface area contributed by atoms with Gasteiger partial charge in [-0.3, -0.25) is 4.99 Å². The molecule has 0 aliphatic carbocycles. The van der Waals surface area contributed by atoms with Gasteiger partial charge in [0.25, 0.3) is 0 Å². The molecule has 1 aliphatic heterocycles. The Morgan fingerprint density at radius 1 is 1.29 bits per heavy atom. The van der Waals surface area contributed by atoms with E-state index in [-0.39, 0.29) is 0 Å². The summed E-state index contributed by atoms with van der Waals surface area (Å²) in [5.41, 5.74) is 1.13. The van der Waals surface area contributed by atoms with Gasteiger partial charge in [0.15, 0.2) is 5.96 Å². The summed E-state index contributed by atoms with van der Waals surface area (Å²) >= 11 is 1.76. The van der Waals surface area contributed by atoms with E-state index in [4.69, 9.17) is 0 Å². The van der Waals surface area contributed by atoms with Gasteiger partial charge >= 0.3 is 0 Å². The molecule has 2 rings (SSSR count). The van der Waals surface area contributed by atoms with Crippen molar-refractivity contribution in [3.8, 4) is 0 Å². The minimum absolute atomic E-state index is 0.913. The van der Waals surface area contributed by atoms with Gasteiger partial charge in [-0.25, -0.2) is 4.98 Å². The molecule has 0 spiro atoms. The molecule has 2 N–H and O–H groups in total. The van der Waals surface area contributed by atoms with Gasteiger partial charge in [-0.1, -0.05) is 6.92 Å². The van der Waals surface area contributed by atoms with Crippen LogP contribution in [0.1, 0.15) is 43.3 Å². The number of piperidine rings is 1. The van der Waals surface area contributed by atoms with Gasteiger partial charge < -0.3 is 15.5 Å². The van der Waals surface area contributed by atoms with Crippen LogP contribution in [0.15, 0.2) is 10.4 Å². The third-order valence-corrected chi connectivity index (χ3v) is 5.60. The third-order valence-electron chi connectivity index (χ3n) is 4.57. The van der Waals surface area contributed by atoms with E-state index in [1.54, 1.807) is 11.3 Å². The Hall–Kier alpha value is -1.14. The molecule has 136 valence electrons. The molecule has 0 saturated carbocycles. The van der Waals surface area contributed by atoms with Crippen LogP contribution in [-0.4, -0.2) is 55.6 Å². The highest BCUT2D eigenvalue weighted by atomic mass is 32.1. The van der Waals surface area contributed by atoms with Crippen molar-refractivity contribution in [3.63, 3.8) is 0 Å². The molecule has 0 aromatic carbocycles. The Morgan fingerprint density at radius 2 is 2.00 bits per heavy atom. The number of aromatic nitrogens is 1. The molecule has 1 fully saturated rings. The van der Waals surface area contributed by atoms with Crippen LogP contribution >= 0.6 is 11.3 Å². The van der Waals surface area contributed by atoms with E-state index in [1.807, 2.05) is 7.05 Å². The number of aryl methyl sites for hydroxylation is 2. The molecule has 0 amide bonds. The van der Waals surface area contributed by atoms with E-state index in [9.17, 15) is 0 Å². The van der Waals surface area contributed by atoms with Crippen molar-refractivity contribution in [2.75, 3.05) is 39.8 Å². The first kappa shape index (κ1) is 19.2. The smallest absolute Gasteiger partial charge is 0.190 e. The summed E-state index contributed by atoms with van der Waals surface area (Å²) in [6, 6.07) is 0. The Kier molecular flexibility index (Phi) is 8.53. The quantitative estimate of drug-likeness (QED) is 0.429. The number of likely N-dealkylation sites (tertiary alicyclic amines) is 1. The lowest BCUT2D eigenvalue weighted by molar-refractivity contribution is 0.191. The van der Waals surface area contributed by atoms with Gasteiger partial charge in [0.1, 0.15) is 0 Å². The molecule has 6 heteroatoms. The van der Waals surface area contributed by atoms with Gasteiger partial charge in [0.2, 0.25) is 0 Å². The van der Waals surface area contributed by atoms with Crippen molar-refractivity contribution in [2.24, 2.45) is 10.9 Å². The minimum Gasteiger partial charge on any atom is -0.356 e. The summed E-state index contributed by atoms with van der Waals surface area (Å²) in [5.74, 6) is 1.83. The zero-order valence-electron chi connectivity index (χ0n) is 15.5. The summed E-state index contributed by atoms with van der Waals surface area (Å²) < 4.78 is 0. The number of rotatable bonds is 8. The molecule has 1 aromatic rings. The van der Waals surface area contributed by atoms with Crippen LogP contribution in [0, 0.1) is 12.8 Å². The fourth-order valence-corrected chi connectivity index (χ4v) is 3.80. The maximum atomic E-state index is 4.50. The van der Waals surface area contributed by atoms with Crippen molar-refractivity contribution < 1.29 is 0 Å². The number of hydrogen-bond acceptors (Lipinski definition) is 4. The summed E-state index contributed by atoms with van der Waals surface area (Å²) in [5, 5.41) is 10.2. The first-order valence-electron chi connectivity index (χ1n) is 9.25. The molecular weight excluding hydrogens is 318 g/mol. The lowest BCUT2D eigenvalue weighted by Crippen LogP contribution is -2.40. The number of thiazole rings is 1. The van der Waals surface area contributed by atoms with Gasteiger partial charge in [-0.05, 0) is 58.2 Å². The van der Waals surface area contributed by atoms with Crippen LogP contribution in [0.4, 0.5) is 0 Å². The maximum Gasteiger partial charge on any atom is 0.190 e. The minimum atomic E-state index is 0.913. The van der Waals surface area contributed by atoms with E-state index in [2.05, 4.69) is 44.7 Å². The Balaban J connectivity index is 1.51. The molecule has 2 heterocycles. The van der Waals surface area contributed by atoms with Gasteiger partial charge in [0.05, 0.1) is 5.01 Å². The van der Waals surface area contributed by atoms with Crippen LogP contribution in [-0.2, 0) is 6.42 Å². The van der Waals surface area contributed by atoms with Crippen molar-refractivity contribution >= 4 is 17.3 Å². The predicted octanol–water partition coefficient (Wildman–Crippen LogP) is 2.67. The highest BCUT2D eigenvalue weighted by Gasteiger charge is 2.14. The van der Waals surface area contributed by atoms with Crippen molar-refractivity contribution in [2.45, 2.75) is 46.0 Å². The van der Waals surface area contributed by atoms with Crippen LogP contribution in [0.2, 0.25) is 0 Å². The second-order valence-electron chi connectivity index (χ2n) is 6.79. The summed E-state index contributed by atoms with van der Waals surface area (Å²) in [6.07, 6.45) is 6.01. The molecule has 1 saturated heterocycles. The SMILES string of the molecule is CN=C(NCCCc1nc(C)cs1)NCCCN1CCC(C)CC1. The number of guanidine groups is 1. The van der Waals surface area contributed by atoms with Crippen LogP contribution in [0.5, 0.6) is 0 Å². The Labute approximate surface area is 151 Å². The van der Waals surface area contributed by atoms with Crippen molar-refractivity contribution in [1.82, 2.24) is 20.5 Å². The molecule has 1 aromatic heterocycles. The lowest BCUT2D eigenvalue weighted by Gasteiger charge is -2.30. The summed E-state index contributed by atoms with van der Waals surface area (Å²) in [4.78, 5) is 11.4. The van der Waals surface area contributed by atoms with E-state index >= 15 is 0 Å². The fourth-order valence-electron chi connectivity index (χ4n) is 2.98. The standard InChI is InChI=1S/C18H33N5S/c1-15-7-12-23(13-8-15)11-5-10-21-18(19-3)20-9-4-6-17-22-16(2)14-24-17/h14-15H,4-13H2,1-3H3,(H2,19,20,21). The predicted molar refractivity (Wildman–Crippen MR) is 104 cm³/mol. The van der Waals surface area contributed by atoms with E-state index in [0.29, 0.717) is 0 Å². The largest absolute Gasteiger partial charge is 0.356 e. The third kappa shape index (κ3) is 7.18. The Bertz CT molecular complexity index is 491. The number of nitrogens with zero attached hydrogens (tertiary/aromatic N) is 3. The molecule has 0 radical (unpaired) electrons. The lowest BCUT2D eigenvalue weighted by atomic mass is 9.99. The van der Waals surface area contributed by atoms with E-state index in [0.717, 1.165) is 43.5 Å². The molecule has 0 unspecified atom stereocenters. The van der Waals surface area contributed by atoms with Crippen molar-refractivity contribution in [3.05, 3.63) is 16.1 Å². The second-order valence-corrected chi connectivity index (χ2v) is 7.73. The zero-order chi connectivity index (χ0) is 17.2. The van der Waals surface area contributed by atoms with Crippen LogP contribution < -0.4 is 10.6 Å².